The van der Waals surface area contributed by atoms with E-state index < -0.39 is 0 Å². The monoisotopic (exact) mass is 221 g/mol. The maximum Gasteiger partial charge on any atom is 0.0637 e. The standard InChI is InChI=1S/C12H19N3O/c1-16-7-6-15(11-2-3-11)12-4-5-14-9-10(12)8-13/h4-5,9,11H,2-3,6-8,13H2,1H3. The van der Waals surface area contributed by atoms with Crippen molar-refractivity contribution >= 4 is 5.69 Å². The lowest BCUT2D eigenvalue weighted by Gasteiger charge is -2.26. The molecule has 16 heavy (non-hydrogen) atoms. The molecule has 0 unspecified atom stereocenters. The summed E-state index contributed by atoms with van der Waals surface area (Å²) in [6, 6.07) is 2.72. The van der Waals surface area contributed by atoms with Gasteiger partial charge in [-0.25, -0.2) is 0 Å². The van der Waals surface area contributed by atoms with Crippen molar-refractivity contribution in [2.24, 2.45) is 5.73 Å². The fourth-order valence-electron chi connectivity index (χ4n) is 1.93. The van der Waals surface area contributed by atoms with E-state index in [2.05, 4.69) is 16.0 Å². The van der Waals surface area contributed by atoms with Gasteiger partial charge in [0.25, 0.3) is 0 Å². The average molecular weight is 221 g/mol. The van der Waals surface area contributed by atoms with E-state index in [1.807, 2.05) is 12.4 Å². The topological polar surface area (TPSA) is 51.4 Å². The Labute approximate surface area is 96.4 Å². The second kappa shape index (κ2) is 5.27. The summed E-state index contributed by atoms with van der Waals surface area (Å²) in [5.74, 6) is 0. The van der Waals surface area contributed by atoms with Gasteiger partial charge in [-0.1, -0.05) is 0 Å². The van der Waals surface area contributed by atoms with Crippen LogP contribution in [0, 0.1) is 0 Å². The molecule has 2 N–H and O–H groups in total. The highest BCUT2D eigenvalue weighted by Gasteiger charge is 2.29. The largest absolute Gasteiger partial charge is 0.383 e. The van der Waals surface area contributed by atoms with Crippen LogP contribution in [0.15, 0.2) is 18.5 Å². The van der Waals surface area contributed by atoms with Gasteiger partial charge in [-0.3, -0.25) is 4.98 Å². The normalized spacial score (nSPS) is 15.1. The van der Waals surface area contributed by atoms with Gasteiger partial charge in [0.15, 0.2) is 0 Å². The van der Waals surface area contributed by atoms with Crippen LogP contribution in [-0.4, -0.2) is 31.3 Å². The second-order valence-corrected chi connectivity index (χ2v) is 4.13. The molecule has 0 amide bonds. The number of ether oxygens (including phenoxy) is 1. The molecule has 1 saturated carbocycles. The van der Waals surface area contributed by atoms with Gasteiger partial charge >= 0.3 is 0 Å². The van der Waals surface area contributed by atoms with Gasteiger partial charge in [0.05, 0.1) is 6.61 Å². The lowest BCUT2D eigenvalue weighted by molar-refractivity contribution is 0.205. The van der Waals surface area contributed by atoms with Crippen LogP contribution in [0.25, 0.3) is 0 Å². The van der Waals surface area contributed by atoms with Crippen LogP contribution in [0.1, 0.15) is 18.4 Å². The number of nitrogens with zero attached hydrogens (tertiary/aromatic N) is 2. The molecule has 0 spiro atoms. The number of rotatable bonds is 6. The van der Waals surface area contributed by atoms with Gasteiger partial charge in [0.1, 0.15) is 0 Å². The summed E-state index contributed by atoms with van der Waals surface area (Å²) in [5.41, 5.74) is 8.08. The Kier molecular flexibility index (Phi) is 3.74. The number of methoxy groups -OCH3 is 1. The summed E-state index contributed by atoms with van der Waals surface area (Å²) >= 11 is 0. The first-order valence-corrected chi connectivity index (χ1v) is 5.75. The van der Waals surface area contributed by atoms with Gasteiger partial charge in [0.2, 0.25) is 0 Å². The predicted molar refractivity (Wildman–Crippen MR) is 64.4 cm³/mol. The first-order chi connectivity index (χ1) is 7.86. The Morgan fingerprint density at radius 3 is 3.00 bits per heavy atom. The van der Waals surface area contributed by atoms with Gasteiger partial charge in [-0.05, 0) is 18.9 Å². The molecule has 88 valence electrons. The van der Waals surface area contributed by atoms with Gasteiger partial charge in [0, 0.05) is 49.9 Å². The van der Waals surface area contributed by atoms with Crippen molar-refractivity contribution in [3.05, 3.63) is 24.0 Å². The Morgan fingerprint density at radius 1 is 1.56 bits per heavy atom. The van der Waals surface area contributed by atoms with E-state index in [1.54, 1.807) is 7.11 Å². The number of hydrogen-bond acceptors (Lipinski definition) is 4. The molecular weight excluding hydrogens is 202 g/mol. The zero-order valence-electron chi connectivity index (χ0n) is 9.72. The minimum atomic E-state index is 0.541. The molecule has 1 fully saturated rings. The lowest BCUT2D eigenvalue weighted by atomic mass is 10.2. The summed E-state index contributed by atoms with van der Waals surface area (Å²) in [7, 11) is 1.74. The molecule has 4 nitrogen and oxygen atoms in total. The molecule has 1 aromatic heterocycles. The van der Waals surface area contributed by atoms with E-state index in [-0.39, 0.29) is 0 Å². The van der Waals surface area contributed by atoms with Crippen LogP contribution >= 0.6 is 0 Å². The van der Waals surface area contributed by atoms with Crippen molar-refractivity contribution in [1.29, 1.82) is 0 Å². The minimum absolute atomic E-state index is 0.541. The third-order valence-electron chi connectivity index (χ3n) is 2.93. The predicted octanol–water partition coefficient (Wildman–Crippen LogP) is 1.16. The van der Waals surface area contributed by atoms with E-state index in [9.17, 15) is 0 Å². The van der Waals surface area contributed by atoms with Crippen LogP contribution in [0.5, 0.6) is 0 Å². The molecule has 1 aromatic rings. The van der Waals surface area contributed by atoms with Crippen molar-refractivity contribution < 1.29 is 4.74 Å². The molecular formula is C12H19N3O. The third-order valence-corrected chi connectivity index (χ3v) is 2.93. The molecule has 0 aliphatic heterocycles. The molecule has 0 radical (unpaired) electrons. The number of hydrogen-bond donors (Lipinski definition) is 1. The summed E-state index contributed by atoms with van der Waals surface area (Å²) in [6.45, 7) is 2.22. The van der Waals surface area contributed by atoms with Crippen molar-refractivity contribution in [3.63, 3.8) is 0 Å². The summed E-state index contributed by atoms with van der Waals surface area (Å²) < 4.78 is 5.16. The fraction of sp³-hybridized carbons (Fsp3) is 0.583. The van der Waals surface area contributed by atoms with Crippen molar-refractivity contribution in [3.8, 4) is 0 Å². The van der Waals surface area contributed by atoms with E-state index in [0.29, 0.717) is 12.6 Å². The van der Waals surface area contributed by atoms with E-state index in [4.69, 9.17) is 10.5 Å². The average Bonchev–Trinajstić information content (AvgIpc) is 3.14. The maximum absolute atomic E-state index is 5.74. The van der Waals surface area contributed by atoms with Gasteiger partial charge in [-0.2, -0.15) is 0 Å². The van der Waals surface area contributed by atoms with E-state index in [0.717, 1.165) is 18.7 Å². The summed E-state index contributed by atoms with van der Waals surface area (Å²) in [4.78, 5) is 6.52. The molecule has 0 atom stereocenters. The molecule has 0 bridgehead atoms. The smallest absolute Gasteiger partial charge is 0.0637 e. The Balaban J connectivity index is 2.16. The molecule has 0 saturated heterocycles. The third kappa shape index (κ3) is 2.51. The van der Waals surface area contributed by atoms with Crippen LogP contribution in [0.2, 0.25) is 0 Å². The van der Waals surface area contributed by atoms with E-state index in [1.165, 1.54) is 18.5 Å². The minimum Gasteiger partial charge on any atom is -0.383 e. The molecule has 0 aromatic carbocycles. The fourth-order valence-corrected chi connectivity index (χ4v) is 1.93. The molecule has 1 aliphatic rings. The maximum atomic E-state index is 5.74. The van der Waals surface area contributed by atoms with E-state index >= 15 is 0 Å². The summed E-state index contributed by atoms with van der Waals surface area (Å²) in [6.07, 6.45) is 6.24. The zero-order chi connectivity index (χ0) is 11.4. The molecule has 1 heterocycles. The van der Waals surface area contributed by atoms with Gasteiger partial charge in [-0.15, -0.1) is 0 Å². The number of anilines is 1. The molecule has 1 aliphatic carbocycles. The second-order valence-electron chi connectivity index (χ2n) is 4.13. The van der Waals surface area contributed by atoms with Crippen LogP contribution in [0.3, 0.4) is 0 Å². The van der Waals surface area contributed by atoms with Crippen LogP contribution in [0.4, 0.5) is 5.69 Å². The number of aromatic nitrogens is 1. The number of nitrogens with two attached hydrogens (primary N) is 1. The van der Waals surface area contributed by atoms with Crippen molar-refractivity contribution in [2.75, 3.05) is 25.2 Å². The van der Waals surface area contributed by atoms with Crippen molar-refractivity contribution in [2.45, 2.75) is 25.4 Å². The van der Waals surface area contributed by atoms with Crippen LogP contribution < -0.4 is 10.6 Å². The number of pyridine rings is 1. The zero-order valence-corrected chi connectivity index (χ0v) is 9.72. The Hall–Kier alpha value is -1.13. The van der Waals surface area contributed by atoms with Crippen molar-refractivity contribution in [1.82, 2.24) is 4.98 Å². The highest BCUT2D eigenvalue weighted by atomic mass is 16.5. The Morgan fingerprint density at radius 2 is 2.38 bits per heavy atom. The van der Waals surface area contributed by atoms with Crippen LogP contribution in [-0.2, 0) is 11.3 Å². The first-order valence-electron chi connectivity index (χ1n) is 5.75. The quantitative estimate of drug-likeness (QED) is 0.783. The first kappa shape index (κ1) is 11.4. The highest BCUT2D eigenvalue weighted by molar-refractivity contribution is 5.54. The molecule has 4 heteroatoms. The highest BCUT2D eigenvalue weighted by Crippen LogP contribution is 2.32. The van der Waals surface area contributed by atoms with Gasteiger partial charge < -0.3 is 15.4 Å². The summed E-state index contributed by atoms with van der Waals surface area (Å²) in [5, 5.41) is 0. The lowest BCUT2D eigenvalue weighted by Crippen LogP contribution is -2.30. The Bertz CT molecular complexity index is 339. The molecule has 2 rings (SSSR count). The SMILES string of the molecule is COCCN(c1ccncc1CN)C1CC1.